The first-order chi connectivity index (χ1) is 20.9. The van der Waals surface area contributed by atoms with Gasteiger partial charge in [-0.15, -0.1) is 0 Å². The van der Waals surface area contributed by atoms with Crippen molar-refractivity contribution in [3.63, 3.8) is 0 Å². The molecule has 0 atom stereocenters. The molecule has 4 heteroatoms. The van der Waals surface area contributed by atoms with Crippen LogP contribution in [0.3, 0.4) is 0 Å². The summed E-state index contributed by atoms with van der Waals surface area (Å²) < 4.78 is 2.53. The maximum atomic E-state index is 2.59. The molecule has 42 heavy (non-hydrogen) atoms. The molecule has 0 bridgehead atoms. The van der Waals surface area contributed by atoms with Crippen molar-refractivity contribution in [2.24, 2.45) is 0 Å². The van der Waals surface area contributed by atoms with Gasteiger partial charge in [0, 0.05) is 33.5 Å². The Balaban J connectivity index is 1.41. The van der Waals surface area contributed by atoms with E-state index in [0.717, 1.165) is 0 Å². The van der Waals surface area contributed by atoms with E-state index in [4.69, 9.17) is 0 Å². The molecule has 0 unspecified atom stereocenters. The van der Waals surface area contributed by atoms with Crippen molar-refractivity contribution in [2.75, 3.05) is 9.71 Å². The van der Waals surface area contributed by atoms with Crippen molar-refractivity contribution in [3.8, 4) is 27.9 Å². The Morgan fingerprint density at radius 1 is 0.429 bits per heavy atom. The molecule has 3 aliphatic rings. The highest BCUT2D eigenvalue weighted by Gasteiger charge is 2.50. The molecule has 7 aromatic rings. The van der Waals surface area contributed by atoms with Crippen molar-refractivity contribution in [1.82, 2.24) is 4.57 Å². The van der Waals surface area contributed by atoms with Crippen LogP contribution >= 0.6 is 0 Å². The first-order valence-corrected chi connectivity index (χ1v) is 14.6. The van der Waals surface area contributed by atoms with E-state index >= 15 is 0 Å². The molecule has 3 nitrogen and oxygen atoms in total. The number of benzene rings is 6. The van der Waals surface area contributed by atoms with Crippen molar-refractivity contribution in [2.45, 2.75) is 0 Å². The minimum absolute atomic E-state index is 0.0588. The van der Waals surface area contributed by atoms with Crippen LogP contribution in [0.25, 0.3) is 38.8 Å². The van der Waals surface area contributed by atoms with Gasteiger partial charge in [0.25, 0.3) is 0 Å². The molecule has 0 fully saturated rings. The van der Waals surface area contributed by atoms with Crippen molar-refractivity contribution in [3.05, 3.63) is 146 Å². The van der Waals surface area contributed by atoms with E-state index in [1.165, 1.54) is 78.3 Å². The topological polar surface area (TPSA) is 11.4 Å². The van der Waals surface area contributed by atoms with Crippen molar-refractivity contribution < 1.29 is 0 Å². The Morgan fingerprint density at radius 3 is 1.90 bits per heavy atom. The van der Waals surface area contributed by atoms with Gasteiger partial charge in [0.2, 0.25) is 0 Å². The molecule has 0 amide bonds. The van der Waals surface area contributed by atoms with Gasteiger partial charge in [-0.05, 0) is 53.0 Å². The van der Waals surface area contributed by atoms with Gasteiger partial charge in [-0.25, -0.2) is 0 Å². The fraction of sp³-hybridized carbons (Fsp3) is 0. The zero-order chi connectivity index (χ0) is 27.4. The van der Waals surface area contributed by atoms with Crippen LogP contribution in [0.2, 0.25) is 0 Å². The van der Waals surface area contributed by atoms with Crippen molar-refractivity contribution >= 4 is 57.2 Å². The van der Waals surface area contributed by atoms with Gasteiger partial charge >= 0.3 is 6.85 Å². The molecule has 10 rings (SSSR count). The van der Waals surface area contributed by atoms with E-state index in [-0.39, 0.29) is 6.85 Å². The predicted octanol–water partition coefficient (Wildman–Crippen LogP) is 8.32. The highest BCUT2D eigenvalue weighted by Crippen LogP contribution is 2.52. The fourth-order valence-corrected chi connectivity index (χ4v) is 7.72. The van der Waals surface area contributed by atoms with Gasteiger partial charge in [-0.3, -0.25) is 0 Å². The number of hydrogen-bond donors (Lipinski definition) is 0. The van der Waals surface area contributed by atoms with E-state index in [1.807, 2.05) is 0 Å². The second-order valence-corrected chi connectivity index (χ2v) is 11.3. The van der Waals surface area contributed by atoms with Gasteiger partial charge in [0.05, 0.1) is 28.3 Å². The third-order valence-electron chi connectivity index (χ3n) is 9.29. The second-order valence-electron chi connectivity index (χ2n) is 11.3. The summed E-state index contributed by atoms with van der Waals surface area (Å²) in [7, 11) is 0. The summed E-state index contributed by atoms with van der Waals surface area (Å²) in [5.74, 6) is 0. The van der Waals surface area contributed by atoms with Crippen LogP contribution < -0.4 is 20.8 Å². The average molecular weight is 533 g/mol. The summed E-state index contributed by atoms with van der Waals surface area (Å²) >= 11 is 0. The third kappa shape index (κ3) is 2.67. The third-order valence-corrected chi connectivity index (χ3v) is 9.29. The number of rotatable bonds is 2. The molecule has 0 spiro atoms. The smallest absolute Gasteiger partial charge is 0.351 e. The Kier molecular flexibility index (Phi) is 4.26. The molecule has 0 saturated carbocycles. The lowest BCUT2D eigenvalue weighted by Crippen LogP contribution is -2.65. The van der Waals surface area contributed by atoms with Crippen LogP contribution in [-0.2, 0) is 0 Å². The maximum Gasteiger partial charge on any atom is 0.351 e. The summed E-state index contributed by atoms with van der Waals surface area (Å²) in [5, 5.41) is 1.27. The molecular formula is C38H24BN3. The fourth-order valence-electron chi connectivity index (χ4n) is 7.72. The lowest BCUT2D eigenvalue weighted by Gasteiger charge is -2.48. The summed E-state index contributed by atoms with van der Waals surface area (Å²) in [4.78, 5) is 5.14. The van der Waals surface area contributed by atoms with Crippen LogP contribution in [0.1, 0.15) is 0 Å². The molecule has 3 aliphatic heterocycles. The number of hydrogen-bond acceptors (Lipinski definition) is 2. The molecular weight excluding hydrogens is 509 g/mol. The van der Waals surface area contributed by atoms with E-state index in [9.17, 15) is 0 Å². The van der Waals surface area contributed by atoms with Crippen LogP contribution in [-0.4, -0.2) is 11.4 Å². The first-order valence-electron chi connectivity index (χ1n) is 14.6. The monoisotopic (exact) mass is 533 g/mol. The van der Waals surface area contributed by atoms with Gasteiger partial charge in [0.15, 0.2) is 0 Å². The average Bonchev–Trinajstić information content (AvgIpc) is 3.41. The SMILES string of the molecule is c1ccc(-c2ccccc2N2c3cccc4c3B3c5c2c2ccccc2n5-c2ccccc2N3c2ccccc2-4)cc1. The van der Waals surface area contributed by atoms with Crippen LogP contribution in [0.15, 0.2) is 146 Å². The molecule has 194 valence electrons. The lowest BCUT2D eigenvalue weighted by atomic mass is 9.44. The van der Waals surface area contributed by atoms with Crippen molar-refractivity contribution in [1.29, 1.82) is 0 Å². The molecule has 0 aliphatic carbocycles. The number of fused-ring (bicyclic) bond motifs is 9. The minimum atomic E-state index is 0.0588. The van der Waals surface area contributed by atoms with Crippen LogP contribution in [0, 0.1) is 0 Å². The van der Waals surface area contributed by atoms with E-state index in [2.05, 4.69) is 160 Å². The lowest BCUT2D eigenvalue weighted by molar-refractivity contribution is 1.11. The van der Waals surface area contributed by atoms with Gasteiger partial charge in [-0.2, -0.15) is 0 Å². The standard InChI is InChI=1S/C38H24BN3/c1-2-13-25(14-3-1)26-15-4-7-19-30(26)40-35-24-12-18-28-27-16-5-9-21-32(27)42-34-23-11-10-22-33(34)41-31-20-8-6-17-29(31)37(40)38(41)39(42)36(28)35/h1-24H. The molecule has 0 saturated heterocycles. The Bertz CT molecular complexity index is 2230. The van der Waals surface area contributed by atoms with Crippen LogP contribution in [0.4, 0.5) is 28.4 Å². The minimum Gasteiger partial charge on any atom is -0.374 e. The van der Waals surface area contributed by atoms with Crippen LogP contribution in [0.5, 0.6) is 0 Å². The Labute approximate surface area is 244 Å². The highest BCUT2D eigenvalue weighted by atomic mass is 15.2. The maximum absolute atomic E-state index is 2.59. The molecule has 4 heterocycles. The van der Waals surface area contributed by atoms with E-state index in [0.29, 0.717) is 0 Å². The molecule has 6 aromatic carbocycles. The second kappa shape index (κ2) is 8.05. The van der Waals surface area contributed by atoms with Gasteiger partial charge in [-0.1, -0.05) is 109 Å². The number of anilines is 5. The predicted molar refractivity (Wildman–Crippen MR) is 176 cm³/mol. The number of nitrogens with zero attached hydrogens (tertiary/aromatic N) is 3. The summed E-state index contributed by atoms with van der Waals surface area (Å²) in [6.07, 6.45) is 0. The summed E-state index contributed by atoms with van der Waals surface area (Å²) in [5.41, 5.74) is 16.4. The van der Waals surface area contributed by atoms with E-state index in [1.54, 1.807) is 0 Å². The molecule has 1 aromatic heterocycles. The van der Waals surface area contributed by atoms with Gasteiger partial charge in [0.1, 0.15) is 0 Å². The zero-order valence-electron chi connectivity index (χ0n) is 22.8. The summed E-state index contributed by atoms with van der Waals surface area (Å²) in [6.45, 7) is 0.0588. The normalized spacial score (nSPS) is 13.6. The summed E-state index contributed by atoms with van der Waals surface area (Å²) in [6, 6.07) is 53.3. The highest BCUT2D eigenvalue weighted by molar-refractivity contribution is 6.94. The molecule has 0 radical (unpaired) electrons. The number of aromatic nitrogens is 1. The Morgan fingerprint density at radius 2 is 1.05 bits per heavy atom. The Hall–Kier alpha value is -5.48. The number of para-hydroxylation sites is 5. The quantitative estimate of drug-likeness (QED) is 0.207. The zero-order valence-corrected chi connectivity index (χ0v) is 22.8. The molecule has 0 N–H and O–H groups in total. The van der Waals surface area contributed by atoms with E-state index < -0.39 is 0 Å². The van der Waals surface area contributed by atoms with Gasteiger partial charge < -0.3 is 14.3 Å². The first kappa shape index (κ1) is 22.2. The largest absolute Gasteiger partial charge is 0.374 e.